The second kappa shape index (κ2) is 11.7. The Kier molecular flexibility index (Phi) is 8.39. The van der Waals surface area contributed by atoms with Gasteiger partial charge < -0.3 is 10.1 Å². The lowest BCUT2D eigenvalue weighted by Gasteiger charge is -2.27. The second-order valence-corrected chi connectivity index (χ2v) is 11.2. The van der Waals surface area contributed by atoms with Crippen LogP contribution in [0.1, 0.15) is 28.3 Å². The summed E-state index contributed by atoms with van der Waals surface area (Å²) in [5.74, 6) is -0.291. The maximum Gasteiger partial charge on any atom is 0.268 e. The summed E-state index contributed by atoms with van der Waals surface area (Å²) in [6.07, 6.45) is 0. The van der Waals surface area contributed by atoms with Gasteiger partial charge in [-0.05, 0) is 60.4 Å². The summed E-state index contributed by atoms with van der Waals surface area (Å²) in [6.45, 7) is 3.16. The second-order valence-electron chi connectivity index (χ2n) is 8.92. The fourth-order valence-electron chi connectivity index (χ4n) is 4.14. The van der Waals surface area contributed by atoms with E-state index in [1.807, 2.05) is 67.6 Å². The number of anilines is 1. The number of sulfonamides is 1. The van der Waals surface area contributed by atoms with Gasteiger partial charge in [-0.3, -0.25) is 9.10 Å². The van der Waals surface area contributed by atoms with Crippen molar-refractivity contribution in [2.24, 2.45) is 0 Å². The van der Waals surface area contributed by atoms with Gasteiger partial charge in [0.2, 0.25) is 5.91 Å². The number of carbonyl (C=O) groups is 1. The highest BCUT2D eigenvalue weighted by Gasteiger charge is 2.31. The van der Waals surface area contributed by atoms with Crippen molar-refractivity contribution >= 4 is 33.2 Å². The molecule has 0 unspecified atom stereocenters. The molecule has 0 aliphatic rings. The summed E-state index contributed by atoms with van der Waals surface area (Å²) in [4.78, 5) is 13.5. The van der Waals surface area contributed by atoms with Crippen molar-refractivity contribution in [3.05, 3.63) is 124 Å². The summed E-state index contributed by atoms with van der Waals surface area (Å²) >= 11 is 6.37. The maximum absolute atomic E-state index is 14.0. The van der Waals surface area contributed by atoms with Gasteiger partial charge in [0.25, 0.3) is 10.0 Å². The van der Waals surface area contributed by atoms with Crippen LogP contribution in [0.25, 0.3) is 0 Å². The van der Waals surface area contributed by atoms with Gasteiger partial charge in [-0.15, -0.1) is 0 Å². The molecular weight excluding hydrogens is 520 g/mol. The van der Waals surface area contributed by atoms with E-state index in [4.69, 9.17) is 16.3 Å². The standard InChI is InChI=1S/C30H29ClN2O4S/c1-21-14-17-27(37-3)28(18-21)38(35,36)33(25-16-15-22(2)26(31)19-25)20-29(34)32-30(23-10-6-4-7-11-23)24-12-8-5-9-13-24/h4-19,30H,20H2,1-3H3,(H,32,34). The summed E-state index contributed by atoms with van der Waals surface area (Å²) in [5, 5.41) is 3.42. The van der Waals surface area contributed by atoms with Crippen LogP contribution >= 0.6 is 11.6 Å². The van der Waals surface area contributed by atoms with Crippen LogP contribution in [-0.2, 0) is 14.8 Å². The molecule has 0 heterocycles. The van der Waals surface area contributed by atoms with Crippen LogP contribution in [0.15, 0.2) is 102 Å². The van der Waals surface area contributed by atoms with Crippen LogP contribution in [0.5, 0.6) is 5.75 Å². The highest BCUT2D eigenvalue weighted by molar-refractivity contribution is 7.93. The molecule has 1 amide bonds. The number of amides is 1. The quantitative estimate of drug-likeness (QED) is 0.275. The number of hydrogen-bond donors (Lipinski definition) is 1. The summed E-state index contributed by atoms with van der Waals surface area (Å²) in [5.41, 5.74) is 3.55. The van der Waals surface area contributed by atoms with E-state index in [2.05, 4.69) is 5.32 Å². The van der Waals surface area contributed by atoms with E-state index in [0.717, 1.165) is 26.6 Å². The third-order valence-corrected chi connectivity index (χ3v) is 8.39. The van der Waals surface area contributed by atoms with Crippen molar-refractivity contribution < 1.29 is 17.9 Å². The first-order valence-corrected chi connectivity index (χ1v) is 13.9. The Labute approximate surface area is 228 Å². The van der Waals surface area contributed by atoms with E-state index in [0.29, 0.717) is 5.02 Å². The van der Waals surface area contributed by atoms with Crippen molar-refractivity contribution in [2.75, 3.05) is 18.0 Å². The van der Waals surface area contributed by atoms with Crippen LogP contribution in [0.2, 0.25) is 5.02 Å². The first-order chi connectivity index (χ1) is 18.2. The molecule has 6 nitrogen and oxygen atoms in total. The van der Waals surface area contributed by atoms with Crippen molar-refractivity contribution in [2.45, 2.75) is 24.8 Å². The SMILES string of the molecule is COc1ccc(C)cc1S(=O)(=O)N(CC(=O)NC(c1ccccc1)c1ccccc1)c1ccc(C)c(Cl)c1. The number of carbonyl (C=O) groups excluding carboxylic acids is 1. The largest absolute Gasteiger partial charge is 0.495 e. The molecule has 0 saturated heterocycles. The van der Waals surface area contributed by atoms with Gasteiger partial charge in [-0.1, -0.05) is 84.4 Å². The Hall–Kier alpha value is -3.81. The van der Waals surface area contributed by atoms with E-state index in [-0.39, 0.29) is 16.3 Å². The van der Waals surface area contributed by atoms with Crippen LogP contribution < -0.4 is 14.4 Å². The lowest BCUT2D eigenvalue weighted by atomic mass is 9.99. The molecule has 0 bridgehead atoms. The maximum atomic E-state index is 14.0. The molecule has 0 aliphatic carbocycles. The van der Waals surface area contributed by atoms with Crippen molar-refractivity contribution in [1.29, 1.82) is 0 Å². The first-order valence-electron chi connectivity index (χ1n) is 12.0. The van der Waals surface area contributed by atoms with Gasteiger partial charge in [-0.25, -0.2) is 8.42 Å². The average molecular weight is 549 g/mol. The fraction of sp³-hybridized carbons (Fsp3) is 0.167. The van der Waals surface area contributed by atoms with Crippen LogP contribution in [-0.4, -0.2) is 28.0 Å². The highest BCUT2D eigenvalue weighted by atomic mass is 35.5. The van der Waals surface area contributed by atoms with E-state index in [9.17, 15) is 13.2 Å². The molecule has 0 aromatic heterocycles. The number of benzene rings is 4. The van der Waals surface area contributed by atoms with Crippen LogP contribution in [0, 0.1) is 13.8 Å². The number of nitrogens with one attached hydrogen (secondary N) is 1. The predicted octanol–water partition coefficient (Wildman–Crippen LogP) is 6.07. The van der Waals surface area contributed by atoms with E-state index in [1.54, 1.807) is 37.3 Å². The number of ether oxygens (including phenoxy) is 1. The normalized spacial score (nSPS) is 11.3. The molecule has 0 saturated carbocycles. The van der Waals surface area contributed by atoms with Gasteiger partial charge in [0.1, 0.15) is 17.2 Å². The van der Waals surface area contributed by atoms with E-state index in [1.165, 1.54) is 13.2 Å². The number of halogens is 1. The number of aryl methyl sites for hydroxylation is 2. The fourth-order valence-corrected chi connectivity index (χ4v) is 5.97. The minimum atomic E-state index is -4.22. The predicted molar refractivity (Wildman–Crippen MR) is 151 cm³/mol. The van der Waals surface area contributed by atoms with Crippen LogP contribution in [0.3, 0.4) is 0 Å². The molecule has 4 rings (SSSR count). The van der Waals surface area contributed by atoms with E-state index >= 15 is 0 Å². The molecule has 38 heavy (non-hydrogen) atoms. The van der Waals surface area contributed by atoms with Crippen LogP contribution in [0.4, 0.5) is 5.69 Å². The molecule has 196 valence electrons. The minimum Gasteiger partial charge on any atom is -0.495 e. The average Bonchev–Trinajstić information content (AvgIpc) is 2.93. The molecule has 1 N–H and O–H groups in total. The monoisotopic (exact) mass is 548 g/mol. The lowest BCUT2D eigenvalue weighted by molar-refractivity contribution is -0.120. The molecule has 4 aromatic rings. The Morgan fingerprint density at radius 1 is 0.895 bits per heavy atom. The van der Waals surface area contributed by atoms with Gasteiger partial charge in [0, 0.05) is 5.02 Å². The topological polar surface area (TPSA) is 75.7 Å². The number of nitrogens with zero attached hydrogens (tertiary/aromatic N) is 1. The zero-order valence-electron chi connectivity index (χ0n) is 21.4. The molecule has 0 radical (unpaired) electrons. The van der Waals surface area contributed by atoms with Gasteiger partial charge >= 0.3 is 0 Å². The summed E-state index contributed by atoms with van der Waals surface area (Å²) in [7, 11) is -2.81. The van der Waals surface area contributed by atoms with Crippen molar-refractivity contribution in [1.82, 2.24) is 5.32 Å². The summed E-state index contributed by atoms with van der Waals surface area (Å²) < 4.78 is 34.5. The van der Waals surface area contributed by atoms with Gasteiger partial charge in [-0.2, -0.15) is 0 Å². The van der Waals surface area contributed by atoms with Gasteiger partial charge in [0.05, 0.1) is 18.8 Å². The number of hydrogen-bond acceptors (Lipinski definition) is 4. The molecule has 4 aromatic carbocycles. The molecule has 0 fully saturated rings. The highest BCUT2D eigenvalue weighted by Crippen LogP contribution is 2.33. The Morgan fingerprint density at radius 3 is 2.05 bits per heavy atom. The lowest BCUT2D eigenvalue weighted by Crippen LogP contribution is -2.42. The van der Waals surface area contributed by atoms with Crippen molar-refractivity contribution in [3.8, 4) is 5.75 Å². The molecule has 0 atom stereocenters. The van der Waals surface area contributed by atoms with E-state index < -0.39 is 28.5 Å². The van der Waals surface area contributed by atoms with Crippen molar-refractivity contribution in [3.63, 3.8) is 0 Å². The summed E-state index contributed by atoms with van der Waals surface area (Å²) in [6, 6.07) is 28.4. The first kappa shape index (κ1) is 27.2. The third-order valence-electron chi connectivity index (χ3n) is 6.19. The minimum absolute atomic E-state index is 0.0350. The van der Waals surface area contributed by atoms with Gasteiger partial charge in [0.15, 0.2) is 0 Å². The Bertz CT molecular complexity index is 1490. The molecular formula is C30H29ClN2O4S. The number of rotatable bonds is 9. The molecule has 0 aliphatic heterocycles. The molecule has 8 heteroatoms. The molecule has 0 spiro atoms. The third kappa shape index (κ3) is 6.01. The number of methoxy groups -OCH3 is 1. The zero-order valence-corrected chi connectivity index (χ0v) is 23.0. The Morgan fingerprint density at radius 2 is 1.50 bits per heavy atom. The Balaban J connectivity index is 1.75. The smallest absolute Gasteiger partial charge is 0.268 e. The zero-order chi connectivity index (χ0) is 27.3.